The van der Waals surface area contributed by atoms with Crippen LogP contribution < -0.4 is 4.90 Å². The smallest absolute Gasteiger partial charge is 0.253 e. The summed E-state index contributed by atoms with van der Waals surface area (Å²) >= 11 is 1.47. The van der Waals surface area contributed by atoms with E-state index >= 15 is 0 Å². The molecular formula is C25H20FN3O2S. The lowest BCUT2D eigenvalue weighted by Gasteiger charge is -2.34. The van der Waals surface area contributed by atoms with Gasteiger partial charge < -0.3 is 9.80 Å². The number of fused-ring (bicyclic) bond motifs is 1. The second-order valence-corrected chi connectivity index (χ2v) is 8.67. The number of nitrogens with zero attached hydrogens (tertiary/aromatic N) is 3. The third kappa shape index (κ3) is 3.99. The minimum absolute atomic E-state index is 0.0465. The number of benzene rings is 3. The van der Waals surface area contributed by atoms with E-state index in [0.29, 0.717) is 42.9 Å². The minimum atomic E-state index is -0.264. The summed E-state index contributed by atoms with van der Waals surface area (Å²) in [6.45, 7) is 2.48. The van der Waals surface area contributed by atoms with Crippen LogP contribution in [0.3, 0.4) is 0 Å². The predicted molar refractivity (Wildman–Crippen MR) is 124 cm³/mol. The molecule has 5 nitrogen and oxygen atoms in total. The van der Waals surface area contributed by atoms with E-state index in [4.69, 9.17) is 0 Å². The SMILES string of the molecule is O=C(c1ccccc1)c1ccc(C(=O)N2CCN(c3nc4ccc(F)cc4s3)CC2)cc1. The molecule has 160 valence electrons. The van der Waals surface area contributed by atoms with Gasteiger partial charge in [-0.2, -0.15) is 0 Å². The fourth-order valence-corrected chi connectivity index (χ4v) is 4.87. The van der Waals surface area contributed by atoms with Crippen molar-refractivity contribution in [2.75, 3.05) is 31.1 Å². The third-order valence-corrected chi connectivity index (χ3v) is 6.69. The fourth-order valence-electron chi connectivity index (χ4n) is 3.83. The van der Waals surface area contributed by atoms with Crippen LogP contribution in [0.4, 0.5) is 9.52 Å². The zero-order valence-electron chi connectivity index (χ0n) is 17.2. The highest BCUT2D eigenvalue weighted by Crippen LogP contribution is 2.30. The van der Waals surface area contributed by atoms with Gasteiger partial charge in [0.15, 0.2) is 10.9 Å². The first-order valence-corrected chi connectivity index (χ1v) is 11.2. The van der Waals surface area contributed by atoms with Crippen LogP contribution in [-0.2, 0) is 0 Å². The van der Waals surface area contributed by atoms with E-state index in [1.54, 1.807) is 42.5 Å². The highest BCUT2D eigenvalue weighted by molar-refractivity contribution is 7.22. The molecule has 0 bridgehead atoms. The largest absolute Gasteiger partial charge is 0.345 e. The van der Waals surface area contributed by atoms with Crippen LogP contribution >= 0.6 is 11.3 Å². The molecule has 0 unspecified atom stereocenters. The van der Waals surface area contributed by atoms with E-state index in [1.807, 2.05) is 23.1 Å². The number of carbonyl (C=O) groups excluding carboxylic acids is 2. The van der Waals surface area contributed by atoms with Crippen molar-refractivity contribution in [2.45, 2.75) is 0 Å². The van der Waals surface area contributed by atoms with Crippen LogP contribution in [0.5, 0.6) is 0 Å². The van der Waals surface area contributed by atoms with Gasteiger partial charge in [0, 0.05) is 42.9 Å². The predicted octanol–water partition coefficient (Wildman–Crippen LogP) is 4.63. The first kappa shape index (κ1) is 20.3. The standard InChI is InChI=1S/C25H20FN3O2S/c26-20-10-11-21-22(16-20)32-25(27-21)29-14-12-28(13-15-29)24(31)19-8-6-18(7-9-19)23(30)17-4-2-1-3-5-17/h1-11,16H,12-15H2. The zero-order chi connectivity index (χ0) is 22.1. The minimum Gasteiger partial charge on any atom is -0.345 e. The molecule has 0 saturated carbocycles. The molecule has 1 aromatic heterocycles. The van der Waals surface area contributed by atoms with Gasteiger partial charge in [-0.15, -0.1) is 0 Å². The molecule has 0 aliphatic carbocycles. The molecule has 1 saturated heterocycles. The van der Waals surface area contributed by atoms with Gasteiger partial charge in [-0.3, -0.25) is 9.59 Å². The van der Waals surface area contributed by atoms with E-state index in [1.165, 1.54) is 23.5 Å². The number of aromatic nitrogens is 1. The molecule has 0 radical (unpaired) electrons. The van der Waals surface area contributed by atoms with Crippen molar-refractivity contribution < 1.29 is 14.0 Å². The Bertz CT molecular complexity index is 1280. The van der Waals surface area contributed by atoms with Gasteiger partial charge in [0.25, 0.3) is 5.91 Å². The number of carbonyl (C=O) groups is 2. The number of ketones is 1. The number of hydrogen-bond donors (Lipinski definition) is 0. The summed E-state index contributed by atoms with van der Waals surface area (Å²) in [6.07, 6.45) is 0. The van der Waals surface area contributed by atoms with Crippen molar-refractivity contribution >= 4 is 38.4 Å². The van der Waals surface area contributed by atoms with Crippen molar-refractivity contribution in [3.05, 3.63) is 95.3 Å². The fraction of sp³-hybridized carbons (Fsp3) is 0.160. The molecule has 2 heterocycles. The van der Waals surface area contributed by atoms with Crippen molar-refractivity contribution in [1.29, 1.82) is 0 Å². The summed E-state index contributed by atoms with van der Waals surface area (Å²) in [5, 5.41) is 0.849. The Morgan fingerprint density at radius 1 is 0.812 bits per heavy atom. The average Bonchev–Trinajstić information content (AvgIpc) is 3.27. The molecule has 4 aromatic rings. The van der Waals surface area contributed by atoms with Crippen LogP contribution in [0.15, 0.2) is 72.8 Å². The van der Waals surface area contributed by atoms with Crippen LogP contribution in [0.25, 0.3) is 10.2 Å². The normalized spacial score (nSPS) is 14.0. The Kier molecular flexibility index (Phi) is 5.41. The molecule has 1 fully saturated rings. The van der Waals surface area contributed by atoms with Gasteiger partial charge in [-0.05, 0) is 30.3 Å². The quantitative estimate of drug-likeness (QED) is 0.430. The van der Waals surface area contributed by atoms with Gasteiger partial charge in [0.05, 0.1) is 10.2 Å². The summed E-state index contributed by atoms with van der Waals surface area (Å²) in [5.41, 5.74) is 2.54. The number of rotatable bonds is 4. The number of piperazine rings is 1. The van der Waals surface area contributed by atoms with E-state index < -0.39 is 0 Å². The monoisotopic (exact) mass is 445 g/mol. The van der Waals surface area contributed by atoms with Crippen LogP contribution in [-0.4, -0.2) is 47.8 Å². The second kappa shape index (κ2) is 8.51. The number of amides is 1. The average molecular weight is 446 g/mol. The van der Waals surface area contributed by atoms with Gasteiger partial charge in [-0.1, -0.05) is 53.8 Å². The molecule has 3 aromatic carbocycles. The number of anilines is 1. The number of thiazole rings is 1. The summed E-state index contributed by atoms with van der Waals surface area (Å²) < 4.78 is 14.3. The molecule has 0 atom stereocenters. The molecule has 1 amide bonds. The lowest BCUT2D eigenvalue weighted by molar-refractivity contribution is 0.0746. The summed E-state index contributed by atoms with van der Waals surface area (Å²) in [7, 11) is 0. The van der Waals surface area contributed by atoms with E-state index in [0.717, 1.165) is 15.3 Å². The van der Waals surface area contributed by atoms with Crippen molar-refractivity contribution in [3.8, 4) is 0 Å². The zero-order valence-corrected chi connectivity index (χ0v) is 18.0. The van der Waals surface area contributed by atoms with E-state index in [9.17, 15) is 14.0 Å². The van der Waals surface area contributed by atoms with E-state index in [-0.39, 0.29) is 17.5 Å². The Morgan fingerprint density at radius 2 is 1.47 bits per heavy atom. The van der Waals surface area contributed by atoms with Gasteiger partial charge in [-0.25, -0.2) is 9.37 Å². The van der Waals surface area contributed by atoms with Gasteiger partial charge in [0.2, 0.25) is 0 Å². The number of hydrogen-bond acceptors (Lipinski definition) is 5. The lowest BCUT2D eigenvalue weighted by atomic mass is 10.0. The lowest BCUT2D eigenvalue weighted by Crippen LogP contribution is -2.48. The van der Waals surface area contributed by atoms with Crippen LogP contribution in [0.1, 0.15) is 26.3 Å². The Hall–Kier alpha value is -3.58. The third-order valence-electron chi connectivity index (χ3n) is 5.61. The summed E-state index contributed by atoms with van der Waals surface area (Å²) in [6, 6.07) is 20.5. The first-order valence-electron chi connectivity index (χ1n) is 10.4. The summed E-state index contributed by atoms with van der Waals surface area (Å²) in [4.78, 5) is 34.0. The summed E-state index contributed by atoms with van der Waals surface area (Å²) in [5.74, 6) is -0.372. The molecule has 5 rings (SSSR count). The molecular weight excluding hydrogens is 425 g/mol. The molecule has 32 heavy (non-hydrogen) atoms. The van der Waals surface area contributed by atoms with Crippen molar-refractivity contribution in [2.24, 2.45) is 0 Å². The Morgan fingerprint density at radius 3 is 2.19 bits per heavy atom. The molecule has 1 aliphatic heterocycles. The second-order valence-electron chi connectivity index (χ2n) is 7.66. The van der Waals surface area contributed by atoms with Crippen molar-refractivity contribution in [3.63, 3.8) is 0 Å². The maximum Gasteiger partial charge on any atom is 0.253 e. The Labute approximate surface area is 188 Å². The highest BCUT2D eigenvalue weighted by Gasteiger charge is 2.24. The molecule has 7 heteroatoms. The number of halogens is 1. The topological polar surface area (TPSA) is 53.5 Å². The molecule has 0 spiro atoms. The van der Waals surface area contributed by atoms with Crippen molar-refractivity contribution in [1.82, 2.24) is 9.88 Å². The van der Waals surface area contributed by atoms with Gasteiger partial charge >= 0.3 is 0 Å². The first-order chi connectivity index (χ1) is 15.6. The van der Waals surface area contributed by atoms with Gasteiger partial charge in [0.1, 0.15) is 5.82 Å². The maximum atomic E-state index is 13.4. The van der Waals surface area contributed by atoms with Crippen LogP contribution in [0.2, 0.25) is 0 Å². The Balaban J connectivity index is 1.23. The molecule has 0 N–H and O–H groups in total. The van der Waals surface area contributed by atoms with Crippen LogP contribution in [0, 0.1) is 5.82 Å². The highest BCUT2D eigenvalue weighted by atomic mass is 32.1. The molecule has 1 aliphatic rings. The van der Waals surface area contributed by atoms with E-state index in [2.05, 4.69) is 9.88 Å². The maximum absolute atomic E-state index is 13.4.